The SMILES string of the molecule is COc1cc(C(CC(=O)NCCc2c[nH]c3ccccc23)c2c(O)cc3c(c2O)C(=O)O[C@@H](C)CCCC(=O)CCC/C=C/3)cc(OC)c1OC. The van der Waals surface area contributed by atoms with Gasteiger partial charge < -0.3 is 39.5 Å². The molecule has 0 aliphatic carbocycles. The summed E-state index contributed by atoms with van der Waals surface area (Å²) in [5.41, 5.74) is 2.62. The van der Waals surface area contributed by atoms with Gasteiger partial charge >= 0.3 is 5.97 Å². The molecule has 0 fully saturated rings. The monoisotopic (exact) mass is 698 g/mol. The van der Waals surface area contributed by atoms with E-state index in [0.29, 0.717) is 74.3 Å². The molecule has 0 bridgehead atoms. The molecule has 0 saturated carbocycles. The molecule has 270 valence electrons. The van der Waals surface area contributed by atoms with Crippen LogP contribution in [0.5, 0.6) is 28.7 Å². The number of nitrogens with one attached hydrogen (secondary N) is 2. The maximum Gasteiger partial charge on any atom is 0.342 e. The Hall–Kier alpha value is -5.45. The van der Waals surface area contributed by atoms with Crippen molar-refractivity contribution in [1.82, 2.24) is 10.3 Å². The summed E-state index contributed by atoms with van der Waals surface area (Å²) in [7, 11) is 4.41. The van der Waals surface area contributed by atoms with Gasteiger partial charge in [0.1, 0.15) is 22.8 Å². The second-order valence-electron chi connectivity index (χ2n) is 12.7. The molecule has 0 saturated heterocycles. The van der Waals surface area contributed by atoms with E-state index in [1.807, 2.05) is 30.5 Å². The highest BCUT2D eigenvalue weighted by Crippen LogP contribution is 2.47. The average Bonchev–Trinajstić information content (AvgIpc) is 3.52. The Bertz CT molecular complexity index is 1890. The summed E-state index contributed by atoms with van der Waals surface area (Å²) in [4.78, 5) is 42.9. The van der Waals surface area contributed by atoms with Gasteiger partial charge in [0.2, 0.25) is 11.7 Å². The van der Waals surface area contributed by atoms with Gasteiger partial charge in [-0.15, -0.1) is 0 Å². The Morgan fingerprint density at radius 2 is 1.75 bits per heavy atom. The number of ether oxygens (including phenoxy) is 4. The largest absolute Gasteiger partial charge is 0.507 e. The summed E-state index contributed by atoms with van der Waals surface area (Å²) >= 11 is 0. The summed E-state index contributed by atoms with van der Waals surface area (Å²) in [6.07, 6.45) is 8.29. The zero-order chi connectivity index (χ0) is 36.5. The number of H-pyrrole nitrogens is 1. The molecule has 51 heavy (non-hydrogen) atoms. The third-order valence-electron chi connectivity index (χ3n) is 9.27. The molecular formula is C40H46N2O9. The quantitative estimate of drug-likeness (QED) is 0.129. The summed E-state index contributed by atoms with van der Waals surface area (Å²) in [5.74, 6) is -1.81. The van der Waals surface area contributed by atoms with Crippen molar-refractivity contribution in [3.8, 4) is 28.7 Å². The molecule has 2 atom stereocenters. The number of Topliss-reactive ketones (excluding diaryl/α,β-unsaturated/α-hetero) is 1. The van der Waals surface area contributed by atoms with Crippen molar-refractivity contribution in [3.05, 3.63) is 82.6 Å². The van der Waals surface area contributed by atoms with E-state index in [9.17, 15) is 24.6 Å². The number of carbonyl (C=O) groups excluding carboxylic acids is 3. The molecule has 3 aromatic carbocycles. The smallest absolute Gasteiger partial charge is 0.342 e. The number of rotatable bonds is 10. The lowest BCUT2D eigenvalue weighted by Gasteiger charge is -2.24. The standard InChI is InChI=1S/C40H46N2O9/c1-24-11-10-14-28(43)13-7-5-6-12-25-19-32(44)37(38(46)36(25)40(47)51-24)30(27-20-33(48-2)39(50-4)34(21-27)49-3)22-35(45)41-18-17-26-23-42-31-16-9-8-15-29(26)31/h6,8-9,12,15-16,19-21,23-24,30,42,44,46H,5,7,10-11,13-14,17-18,22H2,1-4H3,(H,41,45)/b12-6+/t24-,30?/m0/s1. The highest BCUT2D eigenvalue weighted by Gasteiger charge is 2.32. The van der Waals surface area contributed by atoms with Crippen molar-refractivity contribution in [2.24, 2.45) is 0 Å². The Kier molecular flexibility index (Phi) is 12.3. The van der Waals surface area contributed by atoms with Gasteiger partial charge in [-0.25, -0.2) is 4.79 Å². The predicted octanol–water partition coefficient (Wildman–Crippen LogP) is 6.97. The molecule has 4 aromatic rings. The number of benzene rings is 3. The van der Waals surface area contributed by atoms with E-state index in [4.69, 9.17) is 18.9 Å². The van der Waals surface area contributed by atoms with Crippen LogP contribution in [0, 0.1) is 0 Å². The first-order valence-corrected chi connectivity index (χ1v) is 17.2. The summed E-state index contributed by atoms with van der Waals surface area (Å²) in [6.45, 7) is 2.08. The number of allylic oxidation sites excluding steroid dienone is 1. The van der Waals surface area contributed by atoms with Crippen molar-refractivity contribution in [1.29, 1.82) is 0 Å². The van der Waals surface area contributed by atoms with Crippen molar-refractivity contribution >= 4 is 34.6 Å². The van der Waals surface area contributed by atoms with Gasteiger partial charge in [0.05, 0.1) is 27.4 Å². The second kappa shape index (κ2) is 17.0. The van der Waals surface area contributed by atoms with Crippen LogP contribution < -0.4 is 19.5 Å². The number of carbonyl (C=O) groups is 3. The van der Waals surface area contributed by atoms with Crippen LogP contribution in [0.3, 0.4) is 0 Å². The molecule has 11 heteroatoms. The molecule has 1 aliphatic rings. The van der Waals surface area contributed by atoms with Crippen LogP contribution in [0.1, 0.15) is 90.4 Å². The van der Waals surface area contributed by atoms with Gasteiger partial charge in [-0.3, -0.25) is 9.59 Å². The molecule has 0 spiro atoms. The van der Waals surface area contributed by atoms with Gasteiger partial charge in [-0.05, 0) is 80.0 Å². The number of ketones is 1. The van der Waals surface area contributed by atoms with Crippen LogP contribution in [-0.4, -0.2) is 66.8 Å². The zero-order valence-electron chi connectivity index (χ0n) is 29.5. The van der Waals surface area contributed by atoms with Gasteiger partial charge in [-0.2, -0.15) is 0 Å². The van der Waals surface area contributed by atoms with Crippen molar-refractivity contribution in [2.45, 2.75) is 70.3 Å². The maximum absolute atomic E-state index is 13.7. The number of methoxy groups -OCH3 is 3. The summed E-state index contributed by atoms with van der Waals surface area (Å²) in [6, 6.07) is 12.6. The molecular weight excluding hydrogens is 652 g/mol. The first-order chi connectivity index (χ1) is 24.6. The molecule has 5 rings (SSSR count). The molecule has 2 heterocycles. The van der Waals surface area contributed by atoms with Crippen molar-refractivity contribution in [3.63, 3.8) is 0 Å². The number of aromatic nitrogens is 1. The van der Waals surface area contributed by atoms with Crippen LogP contribution in [0.2, 0.25) is 0 Å². The fourth-order valence-electron chi connectivity index (χ4n) is 6.64. The maximum atomic E-state index is 13.7. The minimum absolute atomic E-state index is 0.0282. The average molecular weight is 699 g/mol. The van der Waals surface area contributed by atoms with E-state index >= 15 is 0 Å². The molecule has 1 unspecified atom stereocenters. The van der Waals surface area contributed by atoms with Crippen LogP contribution in [0.15, 0.2) is 54.7 Å². The van der Waals surface area contributed by atoms with E-state index in [1.54, 1.807) is 31.2 Å². The van der Waals surface area contributed by atoms with E-state index in [1.165, 1.54) is 27.4 Å². The van der Waals surface area contributed by atoms with E-state index in [0.717, 1.165) is 16.5 Å². The van der Waals surface area contributed by atoms with Crippen LogP contribution in [0.4, 0.5) is 0 Å². The fourth-order valence-corrected chi connectivity index (χ4v) is 6.64. The number of aromatic amines is 1. The zero-order valence-corrected chi connectivity index (χ0v) is 29.5. The van der Waals surface area contributed by atoms with Crippen LogP contribution in [-0.2, 0) is 20.7 Å². The number of hydrogen-bond donors (Lipinski definition) is 4. The van der Waals surface area contributed by atoms with E-state index in [-0.39, 0.29) is 40.6 Å². The predicted molar refractivity (Wildman–Crippen MR) is 194 cm³/mol. The summed E-state index contributed by atoms with van der Waals surface area (Å²) < 4.78 is 22.5. The van der Waals surface area contributed by atoms with Gasteiger partial charge in [0.15, 0.2) is 11.5 Å². The Morgan fingerprint density at radius 1 is 1.02 bits per heavy atom. The number of hydrogen-bond acceptors (Lipinski definition) is 9. The first kappa shape index (κ1) is 36.8. The third kappa shape index (κ3) is 8.65. The molecule has 1 aliphatic heterocycles. The summed E-state index contributed by atoms with van der Waals surface area (Å²) in [5, 5.41) is 27.6. The van der Waals surface area contributed by atoms with Gasteiger partial charge in [0.25, 0.3) is 0 Å². The second-order valence-corrected chi connectivity index (χ2v) is 12.7. The fraction of sp³-hybridized carbons (Fsp3) is 0.375. The molecule has 4 N–H and O–H groups in total. The Balaban J connectivity index is 1.55. The highest BCUT2D eigenvalue weighted by molar-refractivity contribution is 5.98. The lowest BCUT2D eigenvalue weighted by Crippen LogP contribution is -2.27. The number of esters is 1. The lowest BCUT2D eigenvalue weighted by atomic mass is 9.84. The first-order valence-electron chi connectivity index (χ1n) is 17.2. The molecule has 1 aromatic heterocycles. The number of phenols is 2. The number of cyclic esters (lactones) is 1. The number of fused-ring (bicyclic) bond motifs is 2. The van der Waals surface area contributed by atoms with Crippen LogP contribution in [0.25, 0.3) is 17.0 Å². The van der Waals surface area contributed by atoms with E-state index < -0.39 is 23.7 Å². The minimum Gasteiger partial charge on any atom is -0.507 e. The third-order valence-corrected chi connectivity index (χ3v) is 9.27. The molecule has 1 amide bonds. The number of para-hydroxylation sites is 1. The normalized spacial score (nSPS) is 16.7. The number of amides is 1. The lowest BCUT2D eigenvalue weighted by molar-refractivity contribution is -0.121. The topological polar surface area (TPSA) is 156 Å². The Morgan fingerprint density at radius 3 is 2.47 bits per heavy atom. The minimum atomic E-state index is -0.967. The number of phenolic OH excluding ortho intramolecular Hbond substituents is 2. The molecule has 11 nitrogen and oxygen atoms in total. The Labute approximate surface area is 297 Å². The highest BCUT2D eigenvalue weighted by atomic mass is 16.5. The van der Waals surface area contributed by atoms with E-state index in [2.05, 4.69) is 10.3 Å². The van der Waals surface area contributed by atoms with Gasteiger partial charge in [-0.1, -0.05) is 30.4 Å². The van der Waals surface area contributed by atoms with Crippen molar-refractivity contribution < 1.29 is 43.5 Å². The number of aromatic hydroxyl groups is 2. The van der Waals surface area contributed by atoms with Gasteiger partial charge in [0, 0.05) is 54.4 Å². The molecule has 0 radical (unpaired) electrons. The van der Waals surface area contributed by atoms with Crippen molar-refractivity contribution in [2.75, 3.05) is 27.9 Å². The van der Waals surface area contributed by atoms with Crippen LogP contribution >= 0.6 is 0 Å².